The average Bonchev–Trinajstić information content (AvgIpc) is 2.55. The van der Waals surface area contributed by atoms with E-state index in [4.69, 9.17) is 17.0 Å². The van der Waals surface area contributed by atoms with E-state index in [1.807, 2.05) is 6.92 Å². The van der Waals surface area contributed by atoms with Crippen LogP contribution in [0.3, 0.4) is 0 Å². The van der Waals surface area contributed by atoms with Crippen LogP contribution in [0.4, 0.5) is 5.69 Å². The van der Waals surface area contributed by atoms with Gasteiger partial charge in [-0.2, -0.15) is 0 Å². The van der Waals surface area contributed by atoms with Gasteiger partial charge in [-0.25, -0.2) is 4.79 Å². The molecule has 1 aromatic carbocycles. The van der Waals surface area contributed by atoms with Gasteiger partial charge < -0.3 is 15.4 Å². The molecule has 128 valence electrons. The number of hydrogen-bond acceptors (Lipinski definition) is 5. The quantitative estimate of drug-likeness (QED) is 0.353. The fraction of sp³-hybridized carbons (Fsp3) is 0.375. The van der Waals surface area contributed by atoms with Crippen molar-refractivity contribution < 1.29 is 14.5 Å². The van der Waals surface area contributed by atoms with Gasteiger partial charge in [-0.05, 0) is 43.3 Å². The van der Waals surface area contributed by atoms with Crippen LogP contribution in [0.2, 0.25) is 0 Å². The second kappa shape index (κ2) is 7.87. The normalized spacial score (nSPS) is 17.1. The predicted molar refractivity (Wildman–Crippen MR) is 93.3 cm³/mol. The van der Waals surface area contributed by atoms with Crippen LogP contribution in [0.1, 0.15) is 38.3 Å². The number of allylic oxidation sites excluding steroid dienone is 1. The molecule has 0 amide bonds. The summed E-state index contributed by atoms with van der Waals surface area (Å²) in [5.41, 5.74) is 1.89. The maximum absolute atomic E-state index is 12.4. The molecular formula is C16H19N3O4S. The number of carbonyl (C=O) groups excluding carboxylic acids is 1. The van der Waals surface area contributed by atoms with Crippen LogP contribution in [0.25, 0.3) is 0 Å². The molecule has 1 aromatic rings. The summed E-state index contributed by atoms with van der Waals surface area (Å²) in [5.74, 6) is -0.424. The van der Waals surface area contributed by atoms with E-state index in [0.29, 0.717) is 22.7 Å². The summed E-state index contributed by atoms with van der Waals surface area (Å²) in [4.78, 5) is 22.8. The average molecular weight is 349 g/mol. The van der Waals surface area contributed by atoms with Crippen molar-refractivity contribution in [3.8, 4) is 0 Å². The third-order valence-corrected chi connectivity index (χ3v) is 3.81. The van der Waals surface area contributed by atoms with Gasteiger partial charge in [0.05, 0.1) is 23.1 Å². The van der Waals surface area contributed by atoms with Gasteiger partial charge >= 0.3 is 5.97 Å². The Morgan fingerprint density at radius 2 is 2.00 bits per heavy atom. The van der Waals surface area contributed by atoms with Crippen LogP contribution in [0.5, 0.6) is 0 Å². The third-order valence-electron chi connectivity index (χ3n) is 3.59. The molecule has 8 heteroatoms. The molecule has 0 unspecified atom stereocenters. The predicted octanol–water partition coefficient (Wildman–Crippen LogP) is 2.73. The topological polar surface area (TPSA) is 93.5 Å². The summed E-state index contributed by atoms with van der Waals surface area (Å²) in [6, 6.07) is 5.55. The van der Waals surface area contributed by atoms with Gasteiger partial charge in [0.15, 0.2) is 5.11 Å². The maximum atomic E-state index is 12.4. The lowest BCUT2D eigenvalue weighted by Crippen LogP contribution is -2.45. The van der Waals surface area contributed by atoms with E-state index in [-0.39, 0.29) is 12.3 Å². The number of nitrogens with one attached hydrogen (secondary N) is 2. The Labute approximate surface area is 145 Å². The largest absolute Gasteiger partial charge is 0.463 e. The van der Waals surface area contributed by atoms with Crippen molar-refractivity contribution in [2.75, 3.05) is 6.61 Å². The summed E-state index contributed by atoms with van der Waals surface area (Å²) in [5, 5.41) is 17.3. The van der Waals surface area contributed by atoms with Crippen molar-refractivity contribution in [3.05, 3.63) is 51.2 Å². The lowest BCUT2D eigenvalue weighted by molar-refractivity contribution is -0.384. The molecule has 1 aliphatic rings. The molecule has 0 radical (unpaired) electrons. The van der Waals surface area contributed by atoms with E-state index in [2.05, 4.69) is 10.6 Å². The minimum Gasteiger partial charge on any atom is -0.463 e. The Morgan fingerprint density at radius 3 is 2.54 bits per heavy atom. The molecule has 0 saturated carbocycles. The van der Waals surface area contributed by atoms with Gasteiger partial charge in [0.2, 0.25) is 0 Å². The Kier molecular flexibility index (Phi) is 5.86. The Hall–Kier alpha value is -2.48. The van der Waals surface area contributed by atoms with E-state index in [0.717, 1.165) is 12.1 Å². The highest BCUT2D eigenvalue weighted by Crippen LogP contribution is 2.30. The molecule has 1 atom stereocenters. The van der Waals surface area contributed by atoms with Gasteiger partial charge in [0, 0.05) is 17.8 Å². The number of hydrogen-bond donors (Lipinski definition) is 2. The minimum atomic E-state index is -0.500. The van der Waals surface area contributed by atoms with Crippen molar-refractivity contribution in [1.82, 2.24) is 10.6 Å². The zero-order chi connectivity index (χ0) is 17.7. The molecule has 24 heavy (non-hydrogen) atoms. The van der Waals surface area contributed by atoms with Crippen molar-refractivity contribution >= 4 is 29.0 Å². The number of benzene rings is 1. The Balaban J connectivity index is 2.46. The minimum absolute atomic E-state index is 0.00860. The Bertz CT molecular complexity index is 685. The van der Waals surface area contributed by atoms with Crippen molar-refractivity contribution in [2.45, 2.75) is 32.7 Å². The first-order valence-corrected chi connectivity index (χ1v) is 8.10. The van der Waals surface area contributed by atoms with Crippen LogP contribution in [-0.2, 0) is 9.53 Å². The highest BCUT2D eigenvalue weighted by molar-refractivity contribution is 7.80. The van der Waals surface area contributed by atoms with Crippen LogP contribution in [0.15, 0.2) is 35.5 Å². The number of rotatable bonds is 6. The second-order valence-electron chi connectivity index (χ2n) is 5.24. The summed E-state index contributed by atoms with van der Waals surface area (Å²) in [7, 11) is 0. The van der Waals surface area contributed by atoms with Gasteiger partial charge in [-0.1, -0.05) is 13.3 Å². The number of nitro groups is 1. The highest BCUT2D eigenvalue weighted by Gasteiger charge is 2.32. The van der Waals surface area contributed by atoms with Crippen LogP contribution in [0, 0.1) is 10.1 Å². The molecular weight excluding hydrogens is 330 g/mol. The molecule has 0 saturated heterocycles. The first-order valence-electron chi connectivity index (χ1n) is 7.69. The molecule has 0 fully saturated rings. The molecule has 1 heterocycles. The smallest absolute Gasteiger partial charge is 0.338 e. The zero-order valence-electron chi connectivity index (χ0n) is 13.5. The highest BCUT2D eigenvalue weighted by atomic mass is 32.1. The molecule has 0 aromatic heterocycles. The summed E-state index contributed by atoms with van der Waals surface area (Å²) < 4.78 is 5.18. The van der Waals surface area contributed by atoms with Crippen molar-refractivity contribution in [3.63, 3.8) is 0 Å². The fourth-order valence-corrected chi connectivity index (χ4v) is 2.79. The number of non-ortho nitro benzene ring substituents is 1. The Morgan fingerprint density at radius 1 is 1.33 bits per heavy atom. The summed E-state index contributed by atoms with van der Waals surface area (Å²) >= 11 is 5.23. The van der Waals surface area contributed by atoms with E-state index in [1.54, 1.807) is 19.1 Å². The molecule has 1 aliphatic heterocycles. The van der Waals surface area contributed by atoms with E-state index in [9.17, 15) is 14.9 Å². The number of esters is 1. The molecule has 2 rings (SSSR count). The summed E-state index contributed by atoms with van der Waals surface area (Å²) in [6.45, 7) is 4.01. The van der Waals surface area contributed by atoms with Gasteiger partial charge in [-0.15, -0.1) is 0 Å². The molecule has 0 bridgehead atoms. The van der Waals surface area contributed by atoms with Gasteiger partial charge in [0.25, 0.3) is 5.69 Å². The van der Waals surface area contributed by atoms with Crippen LogP contribution < -0.4 is 10.6 Å². The van der Waals surface area contributed by atoms with Crippen LogP contribution >= 0.6 is 12.2 Å². The lowest BCUT2D eigenvalue weighted by Gasteiger charge is -2.31. The fourth-order valence-electron chi connectivity index (χ4n) is 2.55. The standard InChI is InChI=1S/C16H19N3O4S/c1-3-5-12-13(15(20)23-4-2)14(18-16(24)17-12)10-6-8-11(9-7-10)19(21)22/h6-9,14H,3-5H2,1-2H3,(H2,17,18,24)/t14-/m0/s1. The summed E-state index contributed by atoms with van der Waals surface area (Å²) in [6.07, 6.45) is 1.49. The maximum Gasteiger partial charge on any atom is 0.338 e. The van der Waals surface area contributed by atoms with Gasteiger partial charge in [0.1, 0.15) is 0 Å². The number of nitrogens with zero attached hydrogens (tertiary/aromatic N) is 1. The monoisotopic (exact) mass is 349 g/mol. The molecule has 2 N–H and O–H groups in total. The van der Waals surface area contributed by atoms with E-state index < -0.39 is 16.9 Å². The molecule has 0 spiro atoms. The zero-order valence-corrected chi connectivity index (χ0v) is 14.3. The first-order chi connectivity index (χ1) is 11.5. The molecule has 7 nitrogen and oxygen atoms in total. The van der Waals surface area contributed by atoms with Crippen LogP contribution in [-0.4, -0.2) is 22.6 Å². The number of carbonyl (C=O) groups is 1. The molecule has 0 aliphatic carbocycles. The number of ether oxygens (including phenoxy) is 1. The third kappa shape index (κ3) is 3.88. The van der Waals surface area contributed by atoms with E-state index in [1.165, 1.54) is 12.1 Å². The lowest BCUT2D eigenvalue weighted by atomic mass is 9.94. The SMILES string of the molecule is CCCC1=C(C(=O)OCC)[C@H](c2ccc([N+](=O)[O-])cc2)NC(=S)N1. The van der Waals surface area contributed by atoms with Crippen molar-refractivity contribution in [1.29, 1.82) is 0 Å². The number of thiocarbonyl (C=S) groups is 1. The van der Waals surface area contributed by atoms with E-state index >= 15 is 0 Å². The van der Waals surface area contributed by atoms with Gasteiger partial charge in [-0.3, -0.25) is 10.1 Å². The van der Waals surface area contributed by atoms with Crippen molar-refractivity contribution in [2.24, 2.45) is 0 Å². The second-order valence-corrected chi connectivity index (χ2v) is 5.65. The number of nitro benzene ring substituents is 1. The first kappa shape index (κ1) is 17.9.